The fourth-order valence-corrected chi connectivity index (χ4v) is 2.13. The molecule has 0 aliphatic heterocycles. The summed E-state index contributed by atoms with van der Waals surface area (Å²) in [6, 6.07) is 2.92. The van der Waals surface area contributed by atoms with Crippen LogP contribution in [-0.4, -0.2) is 32.7 Å². The molecule has 0 unspecified atom stereocenters. The summed E-state index contributed by atoms with van der Waals surface area (Å²) < 4.78 is 6.78. The number of rotatable bonds is 4. The normalized spacial score (nSPS) is 11.9. The Hall–Kier alpha value is -2.41. The van der Waals surface area contributed by atoms with Crippen LogP contribution in [0.3, 0.4) is 0 Å². The molecule has 0 saturated heterocycles. The third-order valence-electron chi connectivity index (χ3n) is 3.34. The number of hydrogen-bond donors (Lipinski definition) is 1. The Kier molecular flexibility index (Phi) is 5.00. The second kappa shape index (κ2) is 6.78. The Bertz CT molecular complexity index is 757. The van der Waals surface area contributed by atoms with Crippen LogP contribution in [0.1, 0.15) is 28.8 Å². The van der Waals surface area contributed by atoms with E-state index in [0.717, 1.165) is 5.69 Å². The van der Waals surface area contributed by atoms with E-state index in [4.69, 9.17) is 16.3 Å². The molecule has 0 aliphatic rings. The Morgan fingerprint density at radius 1 is 1.39 bits per heavy atom. The lowest BCUT2D eigenvalue weighted by atomic mass is 10.3. The van der Waals surface area contributed by atoms with Gasteiger partial charge in [0.15, 0.2) is 6.10 Å². The van der Waals surface area contributed by atoms with E-state index in [0.29, 0.717) is 16.4 Å². The average Bonchev–Trinajstić information content (AvgIpc) is 2.73. The molecule has 2 rings (SSSR count). The zero-order chi connectivity index (χ0) is 17.1. The maximum absolute atomic E-state index is 12.2. The number of nitrogens with zero attached hydrogens (tertiary/aromatic N) is 3. The Balaban J connectivity index is 2.04. The second-order valence-electron chi connectivity index (χ2n) is 5.07. The molecular formula is C15H17ClN4O3. The first kappa shape index (κ1) is 17.0. The van der Waals surface area contributed by atoms with Crippen LogP contribution in [0.25, 0.3) is 0 Å². The quantitative estimate of drug-likeness (QED) is 0.865. The smallest absolute Gasteiger partial charge is 0.357 e. The van der Waals surface area contributed by atoms with E-state index in [1.165, 1.54) is 19.2 Å². The standard InChI is InChI=1S/C15H17ClN4O3/c1-8-13(9(2)20(4)19-8)18-14(21)10(3)23-15(22)12-7-11(16)5-6-17-12/h5-7,10H,1-4H3,(H,18,21)/t10-/m0/s1. The molecule has 8 heteroatoms. The first-order valence-electron chi connectivity index (χ1n) is 6.93. The van der Waals surface area contributed by atoms with E-state index in [1.807, 2.05) is 6.92 Å². The van der Waals surface area contributed by atoms with E-state index in [1.54, 1.807) is 24.7 Å². The minimum atomic E-state index is -0.984. The summed E-state index contributed by atoms with van der Waals surface area (Å²) in [4.78, 5) is 28.0. The van der Waals surface area contributed by atoms with E-state index in [9.17, 15) is 9.59 Å². The number of hydrogen-bond acceptors (Lipinski definition) is 5. The highest BCUT2D eigenvalue weighted by Crippen LogP contribution is 2.19. The number of esters is 1. The van der Waals surface area contributed by atoms with Crippen molar-refractivity contribution in [3.8, 4) is 0 Å². The van der Waals surface area contributed by atoms with Crippen LogP contribution in [0.15, 0.2) is 18.3 Å². The number of aryl methyl sites for hydroxylation is 2. The van der Waals surface area contributed by atoms with Crippen LogP contribution >= 0.6 is 11.6 Å². The van der Waals surface area contributed by atoms with Crippen molar-refractivity contribution in [3.63, 3.8) is 0 Å². The van der Waals surface area contributed by atoms with Crippen LogP contribution in [0, 0.1) is 13.8 Å². The summed E-state index contributed by atoms with van der Waals surface area (Å²) in [5.74, 6) is -1.16. The monoisotopic (exact) mass is 336 g/mol. The third kappa shape index (κ3) is 3.87. The average molecular weight is 337 g/mol. The Morgan fingerprint density at radius 2 is 2.09 bits per heavy atom. The summed E-state index contributed by atoms with van der Waals surface area (Å²) in [6.07, 6.45) is 0.411. The fraction of sp³-hybridized carbons (Fsp3) is 0.333. The van der Waals surface area contributed by atoms with Crippen molar-refractivity contribution in [2.24, 2.45) is 7.05 Å². The van der Waals surface area contributed by atoms with Crippen molar-refractivity contribution in [2.45, 2.75) is 26.9 Å². The van der Waals surface area contributed by atoms with Crippen LogP contribution in [0.4, 0.5) is 5.69 Å². The van der Waals surface area contributed by atoms with E-state index in [-0.39, 0.29) is 5.69 Å². The molecule has 0 aromatic carbocycles. The molecule has 2 heterocycles. The molecule has 1 amide bonds. The van der Waals surface area contributed by atoms with Crippen molar-refractivity contribution in [2.75, 3.05) is 5.32 Å². The molecule has 2 aromatic heterocycles. The maximum atomic E-state index is 12.2. The number of carbonyl (C=O) groups is 2. The molecule has 0 bridgehead atoms. The van der Waals surface area contributed by atoms with Crippen LogP contribution in [0.2, 0.25) is 5.02 Å². The zero-order valence-corrected chi connectivity index (χ0v) is 14.0. The fourth-order valence-electron chi connectivity index (χ4n) is 1.97. The van der Waals surface area contributed by atoms with E-state index in [2.05, 4.69) is 15.4 Å². The van der Waals surface area contributed by atoms with Gasteiger partial charge in [0.05, 0.1) is 17.1 Å². The van der Waals surface area contributed by atoms with E-state index >= 15 is 0 Å². The number of amides is 1. The van der Waals surface area contributed by atoms with Crippen molar-refractivity contribution >= 4 is 29.2 Å². The van der Waals surface area contributed by atoms with Gasteiger partial charge in [-0.3, -0.25) is 9.48 Å². The first-order chi connectivity index (χ1) is 10.8. The molecule has 0 aliphatic carbocycles. The minimum Gasteiger partial charge on any atom is -0.448 e. The molecule has 122 valence electrons. The summed E-state index contributed by atoms with van der Waals surface area (Å²) in [7, 11) is 1.78. The van der Waals surface area contributed by atoms with Gasteiger partial charge in [-0.05, 0) is 32.9 Å². The van der Waals surface area contributed by atoms with Gasteiger partial charge in [0.2, 0.25) is 0 Å². The molecule has 0 fully saturated rings. The highest BCUT2D eigenvalue weighted by molar-refractivity contribution is 6.30. The van der Waals surface area contributed by atoms with Crippen molar-refractivity contribution < 1.29 is 14.3 Å². The van der Waals surface area contributed by atoms with Crippen molar-refractivity contribution in [3.05, 3.63) is 40.4 Å². The lowest BCUT2D eigenvalue weighted by molar-refractivity contribution is -0.123. The predicted molar refractivity (Wildman–Crippen MR) is 85.4 cm³/mol. The van der Waals surface area contributed by atoms with Gasteiger partial charge in [0, 0.05) is 18.3 Å². The van der Waals surface area contributed by atoms with Gasteiger partial charge >= 0.3 is 5.97 Å². The number of aromatic nitrogens is 3. The second-order valence-corrected chi connectivity index (χ2v) is 5.50. The van der Waals surface area contributed by atoms with Gasteiger partial charge in [-0.25, -0.2) is 9.78 Å². The van der Waals surface area contributed by atoms with Gasteiger partial charge < -0.3 is 10.1 Å². The molecule has 7 nitrogen and oxygen atoms in total. The number of halogens is 1. The van der Waals surface area contributed by atoms with Crippen molar-refractivity contribution in [1.29, 1.82) is 0 Å². The van der Waals surface area contributed by atoms with Crippen LogP contribution in [-0.2, 0) is 16.6 Å². The maximum Gasteiger partial charge on any atom is 0.357 e. The Morgan fingerprint density at radius 3 is 2.65 bits per heavy atom. The Labute approximate surface area is 138 Å². The lowest BCUT2D eigenvalue weighted by Crippen LogP contribution is -2.30. The molecule has 0 saturated carbocycles. The van der Waals surface area contributed by atoms with E-state index < -0.39 is 18.0 Å². The van der Waals surface area contributed by atoms with Gasteiger partial charge in [-0.2, -0.15) is 5.10 Å². The topological polar surface area (TPSA) is 86.1 Å². The summed E-state index contributed by atoms with van der Waals surface area (Å²) in [5.41, 5.74) is 2.16. The largest absolute Gasteiger partial charge is 0.448 e. The highest BCUT2D eigenvalue weighted by atomic mass is 35.5. The van der Waals surface area contributed by atoms with Gasteiger partial charge in [-0.1, -0.05) is 11.6 Å². The number of ether oxygens (including phenoxy) is 1. The number of carbonyl (C=O) groups excluding carboxylic acids is 2. The number of pyridine rings is 1. The highest BCUT2D eigenvalue weighted by Gasteiger charge is 2.22. The minimum absolute atomic E-state index is 0.0471. The SMILES string of the molecule is Cc1nn(C)c(C)c1NC(=O)[C@H](C)OC(=O)c1cc(Cl)ccn1. The molecule has 1 atom stereocenters. The lowest BCUT2D eigenvalue weighted by Gasteiger charge is -2.13. The summed E-state index contributed by atoms with van der Waals surface area (Å²) in [5, 5.41) is 7.30. The molecule has 0 radical (unpaired) electrons. The first-order valence-corrected chi connectivity index (χ1v) is 7.31. The molecule has 1 N–H and O–H groups in total. The molecule has 0 spiro atoms. The zero-order valence-electron chi connectivity index (χ0n) is 13.3. The third-order valence-corrected chi connectivity index (χ3v) is 3.58. The van der Waals surface area contributed by atoms with Gasteiger partial charge in [0.1, 0.15) is 5.69 Å². The summed E-state index contributed by atoms with van der Waals surface area (Å²) >= 11 is 5.80. The van der Waals surface area contributed by atoms with Crippen LogP contribution < -0.4 is 5.32 Å². The summed E-state index contributed by atoms with van der Waals surface area (Å²) in [6.45, 7) is 5.11. The van der Waals surface area contributed by atoms with Gasteiger partial charge in [-0.15, -0.1) is 0 Å². The number of nitrogens with one attached hydrogen (secondary N) is 1. The van der Waals surface area contributed by atoms with Crippen molar-refractivity contribution in [1.82, 2.24) is 14.8 Å². The molecule has 23 heavy (non-hydrogen) atoms. The molecule has 2 aromatic rings. The molecular weight excluding hydrogens is 320 g/mol. The van der Waals surface area contributed by atoms with Crippen LogP contribution in [0.5, 0.6) is 0 Å². The predicted octanol–water partition coefficient (Wildman–Crippen LogP) is 2.27. The number of anilines is 1. The van der Waals surface area contributed by atoms with Gasteiger partial charge in [0.25, 0.3) is 5.91 Å².